The van der Waals surface area contributed by atoms with Crippen molar-refractivity contribution < 1.29 is 4.79 Å². The second-order valence-corrected chi connectivity index (χ2v) is 4.22. The summed E-state index contributed by atoms with van der Waals surface area (Å²) < 4.78 is 0. The quantitative estimate of drug-likeness (QED) is 0.679. The number of aryl methyl sites for hydroxylation is 1. The van der Waals surface area contributed by atoms with Gasteiger partial charge in [0.15, 0.2) is 6.29 Å². The number of hydrogen-bond acceptors (Lipinski definition) is 4. The van der Waals surface area contributed by atoms with E-state index in [1.165, 1.54) is 0 Å². The summed E-state index contributed by atoms with van der Waals surface area (Å²) in [5, 5.41) is 3.64. The lowest BCUT2D eigenvalue weighted by Crippen LogP contribution is -2.03. The Balaban J connectivity index is 2.04. The van der Waals surface area contributed by atoms with Crippen LogP contribution >= 0.6 is 11.6 Å². The number of rotatable bonds is 4. The molecule has 0 saturated heterocycles. The summed E-state index contributed by atoms with van der Waals surface area (Å²) in [6.45, 7) is 2.41. The molecule has 2 rings (SSSR count). The first-order valence-electron chi connectivity index (χ1n) is 5.46. The van der Waals surface area contributed by atoms with Gasteiger partial charge >= 0.3 is 0 Å². The molecule has 0 aromatic carbocycles. The van der Waals surface area contributed by atoms with Crippen molar-refractivity contribution in [1.82, 2.24) is 9.97 Å². The maximum atomic E-state index is 10.7. The highest BCUT2D eigenvalue weighted by Crippen LogP contribution is 2.11. The fourth-order valence-electron chi connectivity index (χ4n) is 1.50. The molecule has 0 radical (unpaired) electrons. The second-order valence-electron chi connectivity index (χ2n) is 3.83. The molecule has 0 fully saturated rings. The summed E-state index contributed by atoms with van der Waals surface area (Å²) in [6.07, 6.45) is 2.51. The first-order valence-corrected chi connectivity index (χ1v) is 5.84. The molecule has 0 saturated carbocycles. The monoisotopic (exact) mass is 261 g/mol. The minimum Gasteiger partial charge on any atom is -0.366 e. The molecule has 2 aromatic rings. The van der Waals surface area contributed by atoms with Crippen LogP contribution < -0.4 is 5.32 Å². The topological polar surface area (TPSA) is 54.9 Å². The molecule has 0 aliphatic heterocycles. The number of pyridine rings is 2. The van der Waals surface area contributed by atoms with Gasteiger partial charge in [0.2, 0.25) is 0 Å². The number of carbonyl (C=O) groups is 1. The van der Waals surface area contributed by atoms with E-state index in [4.69, 9.17) is 11.6 Å². The van der Waals surface area contributed by atoms with Crippen molar-refractivity contribution in [3.63, 3.8) is 0 Å². The Labute approximate surface area is 110 Å². The molecule has 5 heteroatoms. The normalized spacial score (nSPS) is 10.1. The molecular weight excluding hydrogens is 250 g/mol. The van der Waals surface area contributed by atoms with Gasteiger partial charge in [-0.15, -0.1) is 0 Å². The van der Waals surface area contributed by atoms with Crippen LogP contribution in [0, 0.1) is 6.92 Å². The molecule has 0 atom stereocenters. The lowest BCUT2D eigenvalue weighted by atomic mass is 10.2. The first-order chi connectivity index (χ1) is 8.69. The summed E-state index contributed by atoms with van der Waals surface area (Å²) in [6, 6.07) is 7.17. The summed E-state index contributed by atoms with van der Waals surface area (Å²) in [4.78, 5) is 19.0. The van der Waals surface area contributed by atoms with Crippen molar-refractivity contribution in [1.29, 1.82) is 0 Å². The van der Waals surface area contributed by atoms with E-state index < -0.39 is 0 Å². The molecule has 2 aromatic heterocycles. The molecule has 0 unspecified atom stereocenters. The highest BCUT2D eigenvalue weighted by atomic mass is 35.5. The number of anilines is 1. The van der Waals surface area contributed by atoms with Crippen molar-refractivity contribution in [2.75, 3.05) is 5.32 Å². The Morgan fingerprint density at radius 2 is 2.17 bits per heavy atom. The van der Waals surface area contributed by atoms with Gasteiger partial charge in [-0.3, -0.25) is 4.79 Å². The molecule has 2 heterocycles. The van der Waals surface area contributed by atoms with Crippen LogP contribution in [0.1, 0.15) is 21.6 Å². The summed E-state index contributed by atoms with van der Waals surface area (Å²) in [5.74, 6) is 0.730. The third-order valence-corrected chi connectivity index (χ3v) is 2.74. The van der Waals surface area contributed by atoms with E-state index in [2.05, 4.69) is 15.3 Å². The van der Waals surface area contributed by atoms with Crippen LogP contribution in [0.4, 0.5) is 5.82 Å². The number of halogens is 1. The Morgan fingerprint density at radius 3 is 2.78 bits per heavy atom. The fourth-order valence-corrected chi connectivity index (χ4v) is 1.61. The van der Waals surface area contributed by atoms with Gasteiger partial charge < -0.3 is 5.32 Å². The Morgan fingerprint density at radius 1 is 1.33 bits per heavy atom. The number of nitrogens with zero attached hydrogens (tertiary/aromatic N) is 2. The summed E-state index contributed by atoms with van der Waals surface area (Å²) in [7, 11) is 0. The third-order valence-electron chi connectivity index (χ3n) is 2.52. The number of aromatic nitrogens is 2. The van der Waals surface area contributed by atoms with Crippen molar-refractivity contribution >= 4 is 23.7 Å². The molecular formula is C13H12ClN3O. The summed E-state index contributed by atoms with van der Waals surface area (Å²) in [5.41, 5.74) is 2.33. The molecule has 1 N–H and O–H groups in total. The van der Waals surface area contributed by atoms with E-state index in [1.54, 1.807) is 31.3 Å². The van der Waals surface area contributed by atoms with Gasteiger partial charge in [0, 0.05) is 18.3 Å². The van der Waals surface area contributed by atoms with Crippen LogP contribution in [-0.2, 0) is 6.54 Å². The molecule has 0 aliphatic rings. The molecule has 0 bridgehead atoms. The molecule has 0 amide bonds. The van der Waals surface area contributed by atoms with E-state index in [9.17, 15) is 4.79 Å². The number of aldehydes is 1. The second kappa shape index (κ2) is 5.60. The van der Waals surface area contributed by atoms with Gasteiger partial charge in [-0.25, -0.2) is 9.97 Å². The predicted molar refractivity (Wildman–Crippen MR) is 70.9 cm³/mol. The third kappa shape index (κ3) is 3.05. The Hall–Kier alpha value is -1.94. The molecule has 92 valence electrons. The zero-order valence-electron chi connectivity index (χ0n) is 9.85. The minimum absolute atomic E-state index is 0.475. The molecule has 0 aliphatic carbocycles. The maximum absolute atomic E-state index is 10.7. The number of carbonyl (C=O) groups excluding carboxylic acids is 1. The Bertz CT molecular complexity index is 555. The van der Waals surface area contributed by atoms with Crippen molar-refractivity contribution in [3.8, 4) is 0 Å². The van der Waals surface area contributed by atoms with Gasteiger partial charge in [0.05, 0.1) is 5.69 Å². The average Bonchev–Trinajstić information content (AvgIpc) is 2.38. The van der Waals surface area contributed by atoms with Gasteiger partial charge in [0.25, 0.3) is 0 Å². The SMILES string of the molecule is Cc1nc(NCc2ccc(Cl)nc2)ccc1C=O. The molecule has 18 heavy (non-hydrogen) atoms. The van der Waals surface area contributed by atoms with Crippen molar-refractivity contribution in [3.05, 3.63) is 52.4 Å². The van der Waals surface area contributed by atoms with Crippen LogP contribution in [0.3, 0.4) is 0 Å². The Kier molecular flexibility index (Phi) is 3.89. The first kappa shape index (κ1) is 12.5. The van der Waals surface area contributed by atoms with E-state index in [-0.39, 0.29) is 0 Å². The van der Waals surface area contributed by atoms with Gasteiger partial charge in [0.1, 0.15) is 11.0 Å². The molecule has 4 nitrogen and oxygen atoms in total. The van der Waals surface area contributed by atoms with Crippen molar-refractivity contribution in [2.24, 2.45) is 0 Å². The summed E-state index contributed by atoms with van der Waals surface area (Å²) >= 11 is 5.71. The molecule has 0 spiro atoms. The zero-order valence-corrected chi connectivity index (χ0v) is 10.6. The van der Waals surface area contributed by atoms with Crippen molar-refractivity contribution in [2.45, 2.75) is 13.5 Å². The fraction of sp³-hybridized carbons (Fsp3) is 0.154. The lowest BCUT2D eigenvalue weighted by molar-refractivity contribution is 0.112. The van der Waals surface area contributed by atoms with Gasteiger partial charge in [-0.05, 0) is 30.7 Å². The van der Waals surface area contributed by atoms with Crippen LogP contribution in [0.5, 0.6) is 0 Å². The average molecular weight is 262 g/mol. The largest absolute Gasteiger partial charge is 0.366 e. The van der Waals surface area contributed by atoms with E-state index in [1.807, 2.05) is 6.07 Å². The number of nitrogens with one attached hydrogen (secondary N) is 1. The lowest BCUT2D eigenvalue weighted by Gasteiger charge is -2.07. The van der Waals surface area contributed by atoms with E-state index in [0.29, 0.717) is 23.0 Å². The zero-order chi connectivity index (χ0) is 13.0. The van der Waals surface area contributed by atoms with E-state index >= 15 is 0 Å². The van der Waals surface area contributed by atoms with Crippen LogP contribution in [0.15, 0.2) is 30.5 Å². The highest BCUT2D eigenvalue weighted by Gasteiger charge is 2.01. The smallest absolute Gasteiger partial charge is 0.151 e. The van der Waals surface area contributed by atoms with Gasteiger partial charge in [-0.1, -0.05) is 17.7 Å². The highest BCUT2D eigenvalue weighted by molar-refractivity contribution is 6.29. The van der Waals surface area contributed by atoms with Crippen LogP contribution in [-0.4, -0.2) is 16.3 Å². The number of hydrogen-bond donors (Lipinski definition) is 1. The predicted octanol–water partition coefficient (Wildman–Crippen LogP) is 2.86. The van der Waals surface area contributed by atoms with Crippen LogP contribution in [0.2, 0.25) is 5.15 Å². The van der Waals surface area contributed by atoms with Gasteiger partial charge in [-0.2, -0.15) is 0 Å². The van der Waals surface area contributed by atoms with Crippen LogP contribution in [0.25, 0.3) is 0 Å². The minimum atomic E-state index is 0.475. The maximum Gasteiger partial charge on any atom is 0.151 e. The standard InChI is InChI=1S/C13H12ClN3O/c1-9-11(8-18)3-5-13(17-9)16-7-10-2-4-12(14)15-6-10/h2-6,8H,7H2,1H3,(H,16,17). The van der Waals surface area contributed by atoms with E-state index in [0.717, 1.165) is 17.7 Å².